The fourth-order valence-corrected chi connectivity index (χ4v) is 6.85. The van der Waals surface area contributed by atoms with Gasteiger partial charge in [0.2, 0.25) is 5.91 Å². The van der Waals surface area contributed by atoms with E-state index in [1.165, 1.54) is 12.1 Å². The number of carbonyl (C=O) groups is 3. The Morgan fingerprint density at radius 3 is 2.48 bits per heavy atom. The molecule has 0 aliphatic carbocycles. The lowest BCUT2D eigenvalue weighted by Crippen LogP contribution is -2.50. The summed E-state index contributed by atoms with van der Waals surface area (Å²) in [5.41, 5.74) is 9.19. The molecule has 1 atom stereocenters. The molecule has 40 heavy (non-hydrogen) atoms. The van der Waals surface area contributed by atoms with Crippen molar-refractivity contribution in [3.8, 4) is 0 Å². The molecule has 2 saturated heterocycles. The topological polar surface area (TPSA) is 101 Å². The van der Waals surface area contributed by atoms with Crippen molar-refractivity contribution in [2.24, 2.45) is 11.7 Å². The van der Waals surface area contributed by atoms with Crippen molar-refractivity contribution in [1.29, 1.82) is 0 Å². The van der Waals surface area contributed by atoms with Crippen LogP contribution in [-0.4, -0.2) is 52.9 Å². The first-order valence-corrected chi connectivity index (χ1v) is 14.5. The number of nitrogens with zero attached hydrogens (tertiary/aromatic N) is 3. The quantitative estimate of drug-likeness (QED) is 0.493. The number of piperidine rings is 2. The first kappa shape index (κ1) is 26.6. The number of nitrogens with one attached hydrogen (secondary N) is 1. The fourth-order valence-electron chi connectivity index (χ4n) is 6.59. The molecule has 4 heterocycles. The number of rotatable bonds is 4. The second-order valence-electron chi connectivity index (χ2n) is 11.0. The predicted octanol–water partition coefficient (Wildman–Crippen LogP) is 4.44. The molecule has 0 saturated carbocycles. The van der Waals surface area contributed by atoms with Crippen molar-refractivity contribution in [2.45, 2.75) is 51.2 Å². The highest BCUT2D eigenvalue weighted by atomic mass is 35.5. The maximum atomic E-state index is 14.1. The maximum Gasteiger partial charge on any atom is 0.270 e. The van der Waals surface area contributed by atoms with Crippen LogP contribution in [0.1, 0.15) is 74.6 Å². The van der Waals surface area contributed by atoms with Gasteiger partial charge in [0.15, 0.2) is 0 Å². The summed E-state index contributed by atoms with van der Waals surface area (Å²) in [6.45, 7) is 3.59. The van der Waals surface area contributed by atoms with Crippen LogP contribution in [0, 0.1) is 5.92 Å². The number of primary amides is 1. The maximum absolute atomic E-state index is 14.1. The minimum absolute atomic E-state index is 0.0804. The largest absolute Gasteiger partial charge is 0.366 e. The lowest BCUT2D eigenvalue weighted by atomic mass is 9.84. The van der Waals surface area contributed by atoms with Crippen LogP contribution in [0.2, 0.25) is 5.02 Å². The monoisotopic (exact) mass is 559 g/mol. The molecule has 3 amide bonds. The summed E-state index contributed by atoms with van der Waals surface area (Å²) < 4.78 is 2.07. The molecule has 3 aromatic rings. The molecule has 9 heteroatoms. The number of fused-ring (bicyclic) bond motifs is 2. The molecular formula is C31H34ClN5O3. The van der Waals surface area contributed by atoms with Gasteiger partial charge in [0, 0.05) is 29.5 Å². The molecule has 1 aromatic heterocycles. The number of anilines is 1. The zero-order valence-electron chi connectivity index (χ0n) is 22.4. The van der Waals surface area contributed by atoms with Crippen LogP contribution < -0.4 is 16.0 Å². The van der Waals surface area contributed by atoms with Crippen molar-refractivity contribution in [3.63, 3.8) is 0 Å². The SMILES string of the molecule is NC(=O)c1ccc(C(=O)N2Cc3ccc(C(=O)N4CCCCC4C4CCNCC4)n3Cc3ccccc32)c(Cl)c1. The van der Waals surface area contributed by atoms with Gasteiger partial charge >= 0.3 is 0 Å². The van der Waals surface area contributed by atoms with Gasteiger partial charge < -0.3 is 25.4 Å². The first-order valence-electron chi connectivity index (χ1n) is 14.1. The molecule has 3 aliphatic rings. The van der Waals surface area contributed by atoms with Crippen LogP contribution in [0.3, 0.4) is 0 Å². The molecule has 0 radical (unpaired) electrons. The Bertz CT molecular complexity index is 1460. The predicted molar refractivity (Wildman–Crippen MR) is 155 cm³/mol. The number of carbonyl (C=O) groups excluding carboxylic acids is 3. The third kappa shape index (κ3) is 4.90. The van der Waals surface area contributed by atoms with E-state index in [9.17, 15) is 14.4 Å². The highest BCUT2D eigenvalue weighted by Crippen LogP contribution is 2.34. The first-order chi connectivity index (χ1) is 19.4. The Balaban J connectivity index is 1.33. The zero-order valence-corrected chi connectivity index (χ0v) is 23.2. The zero-order chi connectivity index (χ0) is 27.8. The Hall–Kier alpha value is -3.62. The summed E-state index contributed by atoms with van der Waals surface area (Å²) in [5.74, 6) is -0.273. The minimum Gasteiger partial charge on any atom is -0.366 e. The number of benzene rings is 2. The molecule has 1 unspecified atom stereocenters. The highest BCUT2D eigenvalue weighted by molar-refractivity contribution is 6.35. The molecule has 0 spiro atoms. The fraction of sp³-hybridized carbons (Fsp3) is 0.387. The van der Waals surface area contributed by atoms with Crippen LogP contribution in [-0.2, 0) is 13.1 Å². The van der Waals surface area contributed by atoms with E-state index in [-0.39, 0.29) is 40.6 Å². The summed E-state index contributed by atoms with van der Waals surface area (Å²) in [4.78, 5) is 43.4. The van der Waals surface area contributed by atoms with Gasteiger partial charge in [0.05, 0.1) is 23.7 Å². The average Bonchev–Trinajstić information content (AvgIpc) is 3.29. The number of amides is 3. The van der Waals surface area contributed by atoms with E-state index in [1.54, 1.807) is 11.0 Å². The molecule has 6 rings (SSSR count). The molecule has 0 bridgehead atoms. The lowest BCUT2D eigenvalue weighted by Gasteiger charge is -2.42. The Kier molecular flexibility index (Phi) is 7.38. The molecule has 2 fully saturated rings. The van der Waals surface area contributed by atoms with Crippen molar-refractivity contribution >= 4 is 35.0 Å². The third-order valence-electron chi connectivity index (χ3n) is 8.69. The average molecular weight is 560 g/mol. The van der Waals surface area contributed by atoms with Gasteiger partial charge in [0.1, 0.15) is 5.69 Å². The van der Waals surface area contributed by atoms with E-state index < -0.39 is 5.91 Å². The summed E-state index contributed by atoms with van der Waals surface area (Å²) in [7, 11) is 0. The van der Waals surface area contributed by atoms with Crippen LogP contribution in [0.15, 0.2) is 54.6 Å². The molecule has 3 N–H and O–H groups in total. The van der Waals surface area contributed by atoms with Gasteiger partial charge in [-0.15, -0.1) is 0 Å². The van der Waals surface area contributed by atoms with Gasteiger partial charge in [-0.25, -0.2) is 0 Å². The van der Waals surface area contributed by atoms with Crippen molar-refractivity contribution in [3.05, 3.63) is 87.7 Å². The van der Waals surface area contributed by atoms with E-state index >= 15 is 0 Å². The smallest absolute Gasteiger partial charge is 0.270 e. The second-order valence-corrected chi connectivity index (χ2v) is 11.4. The van der Waals surface area contributed by atoms with Crippen molar-refractivity contribution in [1.82, 2.24) is 14.8 Å². The Morgan fingerprint density at radius 2 is 1.70 bits per heavy atom. The normalized spacial score (nSPS) is 19.5. The van der Waals surface area contributed by atoms with Crippen LogP contribution in [0.25, 0.3) is 0 Å². The van der Waals surface area contributed by atoms with Gasteiger partial charge in [-0.05, 0) is 93.1 Å². The van der Waals surface area contributed by atoms with E-state index in [1.807, 2.05) is 36.4 Å². The van der Waals surface area contributed by atoms with Crippen molar-refractivity contribution < 1.29 is 14.4 Å². The number of hydrogen-bond donors (Lipinski definition) is 2. The van der Waals surface area contributed by atoms with Crippen LogP contribution in [0.4, 0.5) is 5.69 Å². The van der Waals surface area contributed by atoms with Gasteiger partial charge in [-0.1, -0.05) is 29.8 Å². The summed E-state index contributed by atoms with van der Waals surface area (Å²) >= 11 is 6.45. The molecule has 208 valence electrons. The number of para-hydroxylation sites is 1. The third-order valence-corrected chi connectivity index (χ3v) is 9.00. The molecule has 3 aliphatic heterocycles. The molecule has 8 nitrogen and oxygen atoms in total. The van der Waals surface area contributed by atoms with Gasteiger partial charge in [-0.3, -0.25) is 14.4 Å². The Morgan fingerprint density at radius 1 is 0.900 bits per heavy atom. The minimum atomic E-state index is -0.605. The highest BCUT2D eigenvalue weighted by Gasteiger charge is 2.36. The standard InChI is InChI=1S/C31H34ClN5O3/c32-25-17-21(29(33)38)8-10-24(25)30(39)37-19-23-9-11-28(36(23)18-22-5-1-2-6-27(22)37)31(40)35-16-4-3-7-26(35)20-12-14-34-15-13-20/h1-2,5-6,8-11,17,20,26,34H,3-4,7,12-16,18-19H2,(H2,33,38). The number of aromatic nitrogens is 1. The number of hydrogen-bond acceptors (Lipinski definition) is 4. The van der Waals surface area contributed by atoms with E-state index in [4.69, 9.17) is 17.3 Å². The number of halogens is 1. The summed E-state index contributed by atoms with van der Waals surface area (Å²) in [6, 6.07) is 16.4. The van der Waals surface area contributed by atoms with Gasteiger partial charge in [-0.2, -0.15) is 0 Å². The number of nitrogens with two attached hydrogens (primary N) is 1. The van der Waals surface area contributed by atoms with Gasteiger partial charge in [0.25, 0.3) is 11.8 Å². The summed E-state index contributed by atoms with van der Waals surface area (Å²) in [6.07, 6.45) is 5.46. The molecule has 2 aromatic carbocycles. The second kappa shape index (κ2) is 11.1. The van der Waals surface area contributed by atoms with Crippen LogP contribution in [0.5, 0.6) is 0 Å². The summed E-state index contributed by atoms with van der Waals surface area (Å²) in [5, 5.41) is 3.62. The number of likely N-dealkylation sites (tertiary alicyclic amines) is 1. The molecular weight excluding hydrogens is 526 g/mol. The van der Waals surface area contributed by atoms with Crippen molar-refractivity contribution in [2.75, 3.05) is 24.5 Å². The lowest BCUT2D eigenvalue weighted by molar-refractivity contribution is 0.0465. The Labute approximate surface area is 239 Å². The van der Waals surface area contributed by atoms with E-state index in [2.05, 4.69) is 14.8 Å². The van der Waals surface area contributed by atoms with Crippen LogP contribution >= 0.6 is 11.6 Å². The van der Waals surface area contributed by atoms with E-state index in [0.29, 0.717) is 18.2 Å². The van der Waals surface area contributed by atoms with E-state index in [0.717, 1.165) is 68.7 Å².